The Morgan fingerprint density at radius 2 is 1.67 bits per heavy atom. The lowest BCUT2D eigenvalue weighted by Crippen LogP contribution is -2.30. The van der Waals surface area contributed by atoms with Gasteiger partial charge in [0.25, 0.3) is 0 Å². The molecule has 2 aromatic carbocycles. The quantitative estimate of drug-likeness (QED) is 0.871. The second-order valence-corrected chi connectivity index (χ2v) is 5.22. The third-order valence-electron chi connectivity index (χ3n) is 3.35. The number of urea groups is 1. The first kappa shape index (κ1) is 15.1. The molecule has 2 rings (SSSR count). The molecule has 0 aromatic heterocycles. The first-order chi connectivity index (χ1) is 10.2. The molecular formula is C18H22N2O. The Bertz CT molecular complexity index is 564. The number of nitrogens with one attached hydrogen (secondary N) is 1. The topological polar surface area (TPSA) is 32.3 Å². The lowest BCUT2D eigenvalue weighted by atomic mass is 10.1. The highest BCUT2D eigenvalue weighted by Gasteiger charge is 2.09. The van der Waals surface area contributed by atoms with Crippen LogP contribution >= 0.6 is 0 Å². The number of hydrogen-bond acceptors (Lipinski definition) is 1. The molecule has 2 aromatic rings. The molecular weight excluding hydrogens is 260 g/mol. The molecule has 2 amide bonds. The molecule has 0 saturated carbocycles. The van der Waals surface area contributed by atoms with E-state index >= 15 is 0 Å². The molecule has 0 radical (unpaired) electrons. The van der Waals surface area contributed by atoms with Crippen molar-refractivity contribution >= 4 is 11.7 Å². The van der Waals surface area contributed by atoms with E-state index in [2.05, 4.69) is 24.4 Å². The minimum atomic E-state index is -0.0953. The predicted molar refractivity (Wildman–Crippen MR) is 87.4 cm³/mol. The van der Waals surface area contributed by atoms with Gasteiger partial charge in [-0.3, -0.25) is 0 Å². The van der Waals surface area contributed by atoms with Gasteiger partial charge in [0.1, 0.15) is 0 Å². The van der Waals surface area contributed by atoms with E-state index in [0.717, 1.165) is 24.1 Å². The van der Waals surface area contributed by atoms with Gasteiger partial charge >= 0.3 is 6.03 Å². The Labute approximate surface area is 126 Å². The molecule has 0 saturated heterocycles. The molecule has 0 aliphatic carbocycles. The second-order valence-electron chi connectivity index (χ2n) is 5.22. The summed E-state index contributed by atoms with van der Waals surface area (Å²) in [6, 6.07) is 17.9. The number of hydrogen-bond donors (Lipinski definition) is 1. The molecule has 0 spiro atoms. The average molecular weight is 282 g/mol. The van der Waals surface area contributed by atoms with Crippen LogP contribution in [0.5, 0.6) is 0 Å². The van der Waals surface area contributed by atoms with E-state index in [1.54, 1.807) is 11.9 Å². The monoisotopic (exact) mass is 282 g/mol. The summed E-state index contributed by atoms with van der Waals surface area (Å²) >= 11 is 0. The normalized spacial score (nSPS) is 10.2. The van der Waals surface area contributed by atoms with E-state index < -0.39 is 0 Å². The van der Waals surface area contributed by atoms with Crippen molar-refractivity contribution in [2.45, 2.75) is 26.3 Å². The van der Waals surface area contributed by atoms with Crippen LogP contribution in [0.25, 0.3) is 0 Å². The number of anilines is 1. The predicted octanol–water partition coefficient (Wildman–Crippen LogP) is 4.30. The number of carbonyl (C=O) groups is 1. The zero-order valence-electron chi connectivity index (χ0n) is 12.7. The van der Waals surface area contributed by atoms with Gasteiger partial charge in [-0.25, -0.2) is 4.79 Å². The molecule has 0 heterocycles. The number of nitrogens with zero attached hydrogens (tertiary/aromatic N) is 1. The van der Waals surface area contributed by atoms with Gasteiger partial charge in [-0.2, -0.15) is 0 Å². The van der Waals surface area contributed by atoms with E-state index in [1.807, 2.05) is 42.5 Å². The van der Waals surface area contributed by atoms with Crippen molar-refractivity contribution in [1.29, 1.82) is 0 Å². The van der Waals surface area contributed by atoms with Gasteiger partial charge in [0.2, 0.25) is 0 Å². The van der Waals surface area contributed by atoms with Crippen molar-refractivity contribution in [3.05, 3.63) is 65.7 Å². The van der Waals surface area contributed by atoms with Gasteiger partial charge in [0.05, 0.1) is 0 Å². The third-order valence-corrected chi connectivity index (χ3v) is 3.35. The number of benzene rings is 2. The van der Waals surface area contributed by atoms with Crippen LogP contribution in [-0.4, -0.2) is 18.0 Å². The largest absolute Gasteiger partial charge is 0.323 e. The van der Waals surface area contributed by atoms with Gasteiger partial charge in [-0.15, -0.1) is 0 Å². The Balaban J connectivity index is 1.91. The molecule has 0 aliphatic rings. The number of aryl methyl sites for hydroxylation is 1. The first-order valence-corrected chi connectivity index (χ1v) is 7.34. The van der Waals surface area contributed by atoms with Crippen molar-refractivity contribution in [3.8, 4) is 0 Å². The fraction of sp³-hybridized carbons (Fsp3) is 0.278. The minimum absolute atomic E-state index is 0.0953. The smallest absolute Gasteiger partial charge is 0.321 e. The van der Waals surface area contributed by atoms with Crippen molar-refractivity contribution in [2.75, 3.05) is 12.4 Å². The third kappa shape index (κ3) is 4.63. The summed E-state index contributed by atoms with van der Waals surface area (Å²) in [4.78, 5) is 13.8. The molecule has 0 unspecified atom stereocenters. The molecule has 0 aliphatic heterocycles. The van der Waals surface area contributed by atoms with Gasteiger partial charge < -0.3 is 10.2 Å². The van der Waals surface area contributed by atoms with Gasteiger partial charge in [0, 0.05) is 19.3 Å². The summed E-state index contributed by atoms with van der Waals surface area (Å²) < 4.78 is 0. The van der Waals surface area contributed by atoms with Crippen LogP contribution in [-0.2, 0) is 13.0 Å². The first-order valence-electron chi connectivity index (χ1n) is 7.34. The number of amides is 2. The van der Waals surface area contributed by atoms with E-state index in [0.29, 0.717) is 6.54 Å². The zero-order valence-corrected chi connectivity index (χ0v) is 12.7. The molecule has 0 bridgehead atoms. The van der Waals surface area contributed by atoms with Gasteiger partial charge in [-0.05, 0) is 29.7 Å². The van der Waals surface area contributed by atoms with Crippen molar-refractivity contribution in [2.24, 2.45) is 0 Å². The number of rotatable bonds is 5. The van der Waals surface area contributed by atoms with Crippen LogP contribution in [0.1, 0.15) is 24.5 Å². The average Bonchev–Trinajstić information content (AvgIpc) is 2.50. The van der Waals surface area contributed by atoms with Crippen LogP contribution in [0.3, 0.4) is 0 Å². The highest BCUT2D eigenvalue weighted by molar-refractivity contribution is 5.89. The molecule has 3 heteroatoms. The Morgan fingerprint density at radius 3 is 2.29 bits per heavy atom. The molecule has 21 heavy (non-hydrogen) atoms. The highest BCUT2D eigenvalue weighted by Crippen LogP contribution is 2.12. The molecule has 0 fully saturated rings. The van der Waals surface area contributed by atoms with Crippen LogP contribution in [0.4, 0.5) is 10.5 Å². The zero-order chi connectivity index (χ0) is 15.1. The maximum absolute atomic E-state index is 12.1. The standard InChI is InChI=1S/C18H22N2O/c1-3-7-15-10-12-17(13-11-15)19-18(21)20(2)14-16-8-5-4-6-9-16/h4-6,8-13H,3,7,14H2,1-2H3,(H,19,21). The van der Waals surface area contributed by atoms with Gasteiger partial charge in [0.15, 0.2) is 0 Å². The van der Waals surface area contributed by atoms with E-state index in [-0.39, 0.29) is 6.03 Å². The lowest BCUT2D eigenvalue weighted by molar-refractivity contribution is 0.220. The van der Waals surface area contributed by atoms with E-state index in [4.69, 9.17) is 0 Å². The van der Waals surface area contributed by atoms with Crippen LogP contribution in [0, 0.1) is 0 Å². The second kappa shape index (κ2) is 7.48. The van der Waals surface area contributed by atoms with Crippen molar-refractivity contribution in [1.82, 2.24) is 4.90 Å². The van der Waals surface area contributed by atoms with Crippen LogP contribution in [0.15, 0.2) is 54.6 Å². The minimum Gasteiger partial charge on any atom is -0.323 e. The summed E-state index contributed by atoms with van der Waals surface area (Å²) in [6.45, 7) is 2.76. The Morgan fingerprint density at radius 1 is 1.00 bits per heavy atom. The van der Waals surface area contributed by atoms with Crippen molar-refractivity contribution in [3.63, 3.8) is 0 Å². The molecule has 3 nitrogen and oxygen atoms in total. The lowest BCUT2D eigenvalue weighted by Gasteiger charge is -2.18. The van der Waals surface area contributed by atoms with E-state index in [9.17, 15) is 4.79 Å². The number of carbonyl (C=O) groups excluding carboxylic acids is 1. The maximum Gasteiger partial charge on any atom is 0.321 e. The Kier molecular flexibility index (Phi) is 5.38. The molecule has 0 atom stereocenters. The molecule has 1 N–H and O–H groups in total. The molecule has 110 valence electrons. The SMILES string of the molecule is CCCc1ccc(NC(=O)N(C)Cc2ccccc2)cc1. The fourth-order valence-electron chi connectivity index (χ4n) is 2.19. The summed E-state index contributed by atoms with van der Waals surface area (Å²) in [6.07, 6.45) is 2.20. The Hall–Kier alpha value is -2.29. The summed E-state index contributed by atoms with van der Waals surface area (Å²) in [5.41, 5.74) is 3.25. The summed E-state index contributed by atoms with van der Waals surface area (Å²) in [7, 11) is 1.80. The van der Waals surface area contributed by atoms with E-state index in [1.165, 1.54) is 5.56 Å². The van der Waals surface area contributed by atoms with Crippen molar-refractivity contribution < 1.29 is 4.79 Å². The fourth-order valence-corrected chi connectivity index (χ4v) is 2.19. The van der Waals surface area contributed by atoms with Crippen LogP contribution < -0.4 is 5.32 Å². The van der Waals surface area contributed by atoms with Crippen LogP contribution in [0.2, 0.25) is 0 Å². The highest BCUT2D eigenvalue weighted by atomic mass is 16.2. The maximum atomic E-state index is 12.1. The summed E-state index contributed by atoms with van der Waals surface area (Å²) in [5.74, 6) is 0. The summed E-state index contributed by atoms with van der Waals surface area (Å²) in [5, 5.41) is 2.92. The van der Waals surface area contributed by atoms with Gasteiger partial charge in [-0.1, -0.05) is 55.8 Å².